The third kappa shape index (κ3) is 4.91. The van der Waals surface area contributed by atoms with Gasteiger partial charge < -0.3 is 14.8 Å². The molecule has 21 heavy (non-hydrogen) atoms. The summed E-state index contributed by atoms with van der Waals surface area (Å²) in [6.07, 6.45) is 1.87. The quantitative estimate of drug-likeness (QED) is 0.769. The molecule has 1 aromatic carbocycles. The molecular formula is C15H18N2O3S. The van der Waals surface area contributed by atoms with Gasteiger partial charge in [-0.05, 0) is 18.9 Å². The van der Waals surface area contributed by atoms with Gasteiger partial charge >= 0.3 is 0 Å². The number of carbonyl (C=O) groups excluding carboxylic acids is 1. The second-order valence-corrected chi connectivity index (χ2v) is 5.59. The van der Waals surface area contributed by atoms with Gasteiger partial charge in [0.25, 0.3) is 11.1 Å². The minimum absolute atomic E-state index is 0.0401. The predicted octanol–water partition coefficient (Wildman–Crippen LogP) is 2.47. The molecule has 0 unspecified atom stereocenters. The lowest BCUT2D eigenvalue weighted by Crippen LogP contribution is -2.33. The van der Waals surface area contributed by atoms with Gasteiger partial charge in [0, 0.05) is 18.4 Å². The summed E-state index contributed by atoms with van der Waals surface area (Å²) in [4.78, 5) is 16.1. The number of amides is 1. The number of nitrogens with zero attached hydrogens (tertiary/aromatic N) is 1. The zero-order valence-electron chi connectivity index (χ0n) is 11.8. The van der Waals surface area contributed by atoms with Gasteiger partial charge in [0.15, 0.2) is 5.69 Å². The number of benzene rings is 1. The second-order valence-electron chi connectivity index (χ2n) is 4.66. The molecule has 0 saturated heterocycles. The van der Waals surface area contributed by atoms with Crippen LogP contribution in [0.4, 0.5) is 0 Å². The van der Waals surface area contributed by atoms with Crippen molar-refractivity contribution in [2.24, 2.45) is 0 Å². The van der Waals surface area contributed by atoms with Crippen molar-refractivity contribution >= 4 is 17.7 Å². The highest BCUT2D eigenvalue weighted by atomic mass is 32.2. The molecule has 0 radical (unpaired) electrons. The van der Waals surface area contributed by atoms with E-state index in [1.54, 1.807) is 0 Å². The van der Waals surface area contributed by atoms with E-state index < -0.39 is 0 Å². The van der Waals surface area contributed by atoms with E-state index >= 15 is 0 Å². The Bertz CT molecular complexity index is 571. The number of aliphatic hydroxyl groups is 1. The first-order chi connectivity index (χ1) is 10.2. The molecule has 0 aliphatic heterocycles. The number of carbonyl (C=O) groups is 1. The predicted molar refractivity (Wildman–Crippen MR) is 81.1 cm³/mol. The Morgan fingerprint density at radius 3 is 2.90 bits per heavy atom. The van der Waals surface area contributed by atoms with Gasteiger partial charge in [-0.3, -0.25) is 4.79 Å². The maximum Gasteiger partial charge on any atom is 0.273 e. The molecule has 2 rings (SSSR count). The van der Waals surface area contributed by atoms with E-state index in [1.165, 1.54) is 23.6 Å². The van der Waals surface area contributed by atoms with Gasteiger partial charge in [-0.15, -0.1) is 0 Å². The molecule has 112 valence electrons. The van der Waals surface area contributed by atoms with Crippen LogP contribution in [0.1, 0.15) is 29.4 Å². The summed E-state index contributed by atoms with van der Waals surface area (Å²) in [6, 6.07) is 9.88. The van der Waals surface area contributed by atoms with E-state index in [-0.39, 0.29) is 24.2 Å². The third-order valence-corrected chi connectivity index (χ3v) is 3.77. The van der Waals surface area contributed by atoms with E-state index in [2.05, 4.69) is 10.3 Å². The summed E-state index contributed by atoms with van der Waals surface area (Å²) in [7, 11) is 0. The molecule has 0 fully saturated rings. The van der Waals surface area contributed by atoms with Gasteiger partial charge in [0.2, 0.25) is 0 Å². The molecule has 1 heterocycles. The normalized spacial score (nSPS) is 12.1. The van der Waals surface area contributed by atoms with E-state index in [4.69, 9.17) is 9.52 Å². The Morgan fingerprint density at radius 2 is 2.19 bits per heavy atom. The van der Waals surface area contributed by atoms with Gasteiger partial charge in [0.1, 0.15) is 6.26 Å². The number of hydrogen-bond donors (Lipinski definition) is 2. The van der Waals surface area contributed by atoms with Crippen LogP contribution in [0.3, 0.4) is 0 Å². The average Bonchev–Trinajstić information content (AvgIpc) is 2.95. The lowest BCUT2D eigenvalue weighted by molar-refractivity contribution is 0.0929. The number of thioether (sulfide) groups is 1. The van der Waals surface area contributed by atoms with Crippen LogP contribution < -0.4 is 5.32 Å². The first-order valence-corrected chi connectivity index (χ1v) is 7.71. The van der Waals surface area contributed by atoms with Crippen molar-refractivity contribution in [2.45, 2.75) is 30.4 Å². The van der Waals surface area contributed by atoms with Crippen molar-refractivity contribution < 1.29 is 14.3 Å². The van der Waals surface area contributed by atoms with Crippen molar-refractivity contribution in [2.75, 3.05) is 6.61 Å². The Hall–Kier alpha value is -1.79. The molecule has 2 aromatic rings. The van der Waals surface area contributed by atoms with Crippen LogP contribution >= 0.6 is 11.8 Å². The van der Waals surface area contributed by atoms with Crippen LogP contribution in [0, 0.1) is 0 Å². The molecular weight excluding hydrogens is 288 g/mol. The van der Waals surface area contributed by atoms with E-state index in [1.807, 2.05) is 37.3 Å². The minimum atomic E-state index is -0.286. The highest BCUT2D eigenvalue weighted by Gasteiger charge is 2.14. The standard InChI is InChI=1S/C15H18N2O3S/c1-11(7-8-18)16-14(19)13-9-20-15(17-13)21-10-12-5-3-2-4-6-12/h2-6,9,11,18H,7-8,10H2,1H3,(H,16,19)/t11-/m1/s1. The summed E-state index contributed by atoms with van der Waals surface area (Å²) in [5.41, 5.74) is 1.43. The zero-order chi connectivity index (χ0) is 15.1. The highest BCUT2D eigenvalue weighted by Crippen LogP contribution is 2.21. The minimum Gasteiger partial charge on any atom is -0.439 e. The SMILES string of the molecule is C[C@H](CCO)NC(=O)c1coc(SCc2ccccc2)n1. The molecule has 0 aliphatic rings. The third-order valence-electron chi connectivity index (χ3n) is 2.86. The van der Waals surface area contributed by atoms with Gasteiger partial charge in [0.05, 0.1) is 0 Å². The molecule has 0 saturated carbocycles. The van der Waals surface area contributed by atoms with Gasteiger partial charge in [-0.25, -0.2) is 0 Å². The maximum atomic E-state index is 11.9. The number of nitrogens with one attached hydrogen (secondary N) is 1. The number of aromatic nitrogens is 1. The number of rotatable bonds is 7. The van der Waals surface area contributed by atoms with Crippen LogP contribution in [0.15, 0.2) is 46.2 Å². The average molecular weight is 306 g/mol. The van der Waals surface area contributed by atoms with Crippen LogP contribution in [0.5, 0.6) is 0 Å². The number of aliphatic hydroxyl groups excluding tert-OH is 1. The fourth-order valence-corrected chi connectivity index (χ4v) is 2.47. The topological polar surface area (TPSA) is 75.4 Å². The van der Waals surface area contributed by atoms with Crippen LogP contribution in [0.2, 0.25) is 0 Å². The van der Waals surface area contributed by atoms with Crippen molar-refractivity contribution in [3.8, 4) is 0 Å². The van der Waals surface area contributed by atoms with Crippen molar-refractivity contribution in [1.82, 2.24) is 10.3 Å². The Kier molecular flexibility index (Phi) is 5.83. The fourth-order valence-electron chi connectivity index (χ4n) is 1.71. The van der Waals surface area contributed by atoms with Gasteiger partial charge in [-0.2, -0.15) is 4.98 Å². The van der Waals surface area contributed by atoms with Crippen molar-refractivity contribution in [1.29, 1.82) is 0 Å². The summed E-state index contributed by atoms with van der Waals surface area (Å²) in [5, 5.41) is 12.0. The molecule has 2 N–H and O–H groups in total. The lowest BCUT2D eigenvalue weighted by atomic mass is 10.2. The molecule has 1 atom stereocenters. The van der Waals surface area contributed by atoms with Crippen LogP contribution in [-0.2, 0) is 5.75 Å². The Balaban J connectivity index is 1.87. The smallest absolute Gasteiger partial charge is 0.273 e. The molecule has 0 spiro atoms. The van der Waals surface area contributed by atoms with Crippen molar-refractivity contribution in [3.63, 3.8) is 0 Å². The zero-order valence-corrected chi connectivity index (χ0v) is 12.6. The number of hydrogen-bond acceptors (Lipinski definition) is 5. The second kappa shape index (κ2) is 7.85. The highest BCUT2D eigenvalue weighted by molar-refractivity contribution is 7.98. The van der Waals surface area contributed by atoms with Crippen LogP contribution in [-0.4, -0.2) is 28.6 Å². The van der Waals surface area contributed by atoms with Crippen molar-refractivity contribution in [3.05, 3.63) is 47.9 Å². The number of oxazole rings is 1. The molecule has 6 heteroatoms. The molecule has 1 amide bonds. The largest absolute Gasteiger partial charge is 0.439 e. The van der Waals surface area contributed by atoms with E-state index in [0.29, 0.717) is 11.6 Å². The molecule has 5 nitrogen and oxygen atoms in total. The van der Waals surface area contributed by atoms with Crippen LogP contribution in [0.25, 0.3) is 0 Å². The monoisotopic (exact) mass is 306 g/mol. The Labute approximate surface area is 127 Å². The summed E-state index contributed by atoms with van der Waals surface area (Å²) in [6.45, 7) is 1.87. The fraction of sp³-hybridized carbons (Fsp3) is 0.333. The first-order valence-electron chi connectivity index (χ1n) is 6.73. The summed E-state index contributed by atoms with van der Waals surface area (Å²) in [5.74, 6) is 0.454. The van der Waals surface area contributed by atoms with Gasteiger partial charge in [-0.1, -0.05) is 42.1 Å². The summed E-state index contributed by atoms with van der Waals surface area (Å²) < 4.78 is 5.29. The Morgan fingerprint density at radius 1 is 1.43 bits per heavy atom. The molecule has 1 aromatic heterocycles. The molecule has 0 aliphatic carbocycles. The lowest BCUT2D eigenvalue weighted by Gasteiger charge is -2.10. The van der Waals surface area contributed by atoms with E-state index in [9.17, 15) is 4.79 Å². The first kappa shape index (κ1) is 15.6. The summed E-state index contributed by atoms with van der Waals surface area (Å²) >= 11 is 1.44. The maximum absolute atomic E-state index is 11.9. The molecule has 0 bridgehead atoms. The van der Waals surface area contributed by atoms with E-state index in [0.717, 1.165) is 5.75 Å².